The predicted molar refractivity (Wildman–Crippen MR) is 45.7 cm³/mol. The monoisotopic (exact) mass is 183 g/mol. The van der Waals surface area contributed by atoms with Gasteiger partial charge in [-0.15, -0.1) is 0 Å². The molecule has 0 radical (unpaired) electrons. The van der Waals surface area contributed by atoms with E-state index < -0.39 is 11.9 Å². The first-order chi connectivity index (χ1) is 6.15. The predicted octanol–water partition coefficient (Wildman–Crippen LogP) is -0.185. The molecular weight excluding hydrogens is 173 g/mol. The molecule has 13 heavy (non-hydrogen) atoms. The second-order valence-corrected chi connectivity index (χ2v) is 2.54. The molecule has 0 aliphatic heterocycles. The van der Waals surface area contributed by atoms with Crippen molar-refractivity contribution in [3.63, 3.8) is 0 Å². The lowest BCUT2D eigenvalue weighted by Crippen LogP contribution is -2.38. The van der Waals surface area contributed by atoms with Crippen LogP contribution in [-0.2, 0) is 4.79 Å². The Morgan fingerprint density at radius 3 is 2.38 bits per heavy atom. The zero-order valence-electron chi connectivity index (χ0n) is 6.83. The highest BCUT2D eigenvalue weighted by Gasteiger charge is 2.13. The van der Waals surface area contributed by atoms with Crippen LogP contribution in [0.5, 0.6) is 0 Å². The first-order valence-corrected chi connectivity index (χ1v) is 3.66. The maximum absolute atomic E-state index is 12.5. The summed E-state index contributed by atoms with van der Waals surface area (Å²) in [5.41, 5.74) is 7.92. The highest BCUT2D eigenvalue weighted by atomic mass is 19.1. The third kappa shape index (κ3) is 2.24. The van der Waals surface area contributed by atoms with Gasteiger partial charge in [0.2, 0.25) is 0 Å². The molecule has 1 amide bonds. The molecule has 0 heterocycles. The van der Waals surface area contributed by atoms with Gasteiger partial charge in [-0.05, 0) is 17.7 Å². The van der Waals surface area contributed by atoms with Crippen molar-refractivity contribution in [3.8, 4) is 0 Å². The molecule has 0 saturated heterocycles. The van der Waals surface area contributed by atoms with E-state index in [1.165, 1.54) is 24.3 Å². The summed E-state index contributed by atoms with van der Waals surface area (Å²) in [6, 6.07) is 4.49. The van der Waals surface area contributed by atoms with Crippen molar-refractivity contribution in [1.82, 2.24) is 5.43 Å². The second kappa shape index (κ2) is 3.97. The van der Waals surface area contributed by atoms with Crippen molar-refractivity contribution in [3.05, 3.63) is 35.6 Å². The molecule has 0 aliphatic carbocycles. The molecule has 0 spiro atoms. The Bertz CT molecular complexity index is 299. The number of benzene rings is 1. The van der Waals surface area contributed by atoms with Crippen LogP contribution in [0.3, 0.4) is 0 Å². The van der Waals surface area contributed by atoms with Gasteiger partial charge in [0, 0.05) is 0 Å². The van der Waals surface area contributed by atoms with Crippen LogP contribution in [0.1, 0.15) is 11.6 Å². The summed E-state index contributed by atoms with van der Waals surface area (Å²) in [7, 11) is 0. The summed E-state index contributed by atoms with van der Waals surface area (Å²) in [6.45, 7) is 0. The molecule has 70 valence electrons. The van der Waals surface area contributed by atoms with Crippen LogP contribution in [0.25, 0.3) is 0 Å². The average molecular weight is 183 g/mol. The number of rotatable bonds is 2. The lowest BCUT2D eigenvalue weighted by atomic mass is 10.1. The summed E-state index contributed by atoms with van der Waals surface area (Å²) >= 11 is 0. The standard InChI is InChI=1S/C8H10FN3O/c9-6-3-1-5(2-4-6)7(10)8(13)12-11/h1-4,7H,10-11H2,(H,12,13). The zero-order chi connectivity index (χ0) is 9.84. The lowest BCUT2D eigenvalue weighted by Gasteiger charge is -2.09. The summed E-state index contributed by atoms with van der Waals surface area (Å²) in [4.78, 5) is 10.9. The molecule has 0 bridgehead atoms. The minimum atomic E-state index is -0.856. The lowest BCUT2D eigenvalue weighted by molar-refractivity contribution is -0.122. The molecule has 1 unspecified atom stereocenters. The molecule has 4 nitrogen and oxygen atoms in total. The minimum absolute atomic E-state index is 0.371. The van der Waals surface area contributed by atoms with Crippen LogP contribution < -0.4 is 17.0 Å². The first kappa shape index (κ1) is 9.63. The molecule has 0 aliphatic rings. The fourth-order valence-corrected chi connectivity index (χ4v) is 0.911. The third-order valence-corrected chi connectivity index (χ3v) is 1.65. The number of hydrogen-bond donors (Lipinski definition) is 3. The van der Waals surface area contributed by atoms with E-state index >= 15 is 0 Å². The van der Waals surface area contributed by atoms with E-state index in [-0.39, 0.29) is 5.82 Å². The van der Waals surface area contributed by atoms with Gasteiger partial charge in [0.15, 0.2) is 0 Å². The van der Waals surface area contributed by atoms with Gasteiger partial charge in [-0.25, -0.2) is 10.2 Å². The number of hydrogen-bond acceptors (Lipinski definition) is 3. The van der Waals surface area contributed by atoms with E-state index in [0.29, 0.717) is 5.56 Å². The van der Waals surface area contributed by atoms with Gasteiger partial charge >= 0.3 is 0 Å². The number of carbonyl (C=O) groups excluding carboxylic acids is 1. The Labute approximate surface area is 74.7 Å². The fraction of sp³-hybridized carbons (Fsp3) is 0.125. The Hall–Kier alpha value is -1.46. The number of carbonyl (C=O) groups is 1. The van der Waals surface area contributed by atoms with Crippen LogP contribution in [0.4, 0.5) is 4.39 Å². The third-order valence-electron chi connectivity index (χ3n) is 1.65. The maximum atomic E-state index is 12.5. The van der Waals surface area contributed by atoms with Crippen molar-refractivity contribution in [2.75, 3.05) is 0 Å². The summed E-state index contributed by atoms with van der Waals surface area (Å²) in [5.74, 6) is 4.01. The molecule has 1 aromatic rings. The highest BCUT2D eigenvalue weighted by molar-refractivity contribution is 5.82. The zero-order valence-corrected chi connectivity index (χ0v) is 6.83. The average Bonchev–Trinajstić information content (AvgIpc) is 2.17. The van der Waals surface area contributed by atoms with Crippen LogP contribution in [0.15, 0.2) is 24.3 Å². The highest BCUT2D eigenvalue weighted by Crippen LogP contribution is 2.10. The molecule has 1 rings (SSSR count). The first-order valence-electron chi connectivity index (χ1n) is 3.66. The van der Waals surface area contributed by atoms with E-state index in [1.807, 2.05) is 5.43 Å². The van der Waals surface area contributed by atoms with E-state index in [2.05, 4.69) is 0 Å². The van der Waals surface area contributed by atoms with Crippen molar-refractivity contribution in [2.45, 2.75) is 6.04 Å². The SMILES string of the molecule is NNC(=O)C(N)c1ccc(F)cc1. The van der Waals surface area contributed by atoms with E-state index in [1.54, 1.807) is 0 Å². The van der Waals surface area contributed by atoms with Gasteiger partial charge in [0.1, 0.15) is 11.9 Å². The largest absolute Gasteiger partial charge is 0.316 e. The Kier molecular flexibility index (Phi) is 2.94. The van der Waals surface area contributed by atoms with Crippen molar-refractivity contribution in [1.29, 1.82) is 0 Å². The number of amides is 1. The van der Waals surface area contributed by atoms with Crippen LogP contribution in [0, 0.1) is 5.82 Å². The fourth-order valence-electron chi connectivity index (χ4n) is 0.911. The molecule has 5 N–H and O–H groups in total. The summed E-state index contributed by atoms with van der Waals surface area (Å²) < 4.78 is 12.5. The number of nitrogens with two attached hydrogens (primary N) is 2. The van der Waals surface area contributed by atoms with Crippen molar-refractivity contribution in [2.24, 2.45) is 11.6 Å². The Morgan fingerprint density at radius 2 is 1.92 bits per heavy atom. The number of hydrazine groups is 1. The molecule has 5 heteroatoms. The molecular formula is C8H10FN3O. The van der Waals surface area contributed by atoms with Gasteiger partial charge in [-0.3, -0.25) is 10.2 Å². The van der Waals surface area contributed by atoms with Gasteiger partial charge in [-0.2, -0.15) is 0 Å². The van der Waals surface area contributed by atoms with Crippen molar-refractivity contribution >= 4 is 5.91 Å². The van der Waals surface area contributed by atoms with Crippen LogP contribution in [-0.4, -0.2) is 5.91 Å². The molecule has 1 atom stereocenters. The topological polar surface area (TPSA) is 81.1 Å². The van der Waals surface area contributed by atoms with Gasteiger partial charge in [0.25, 0.3) is 5.91 Å². The molecule has 0 fully saturated rings. The Morgan fingerprint density at radius 1 is 1.38 bits per heavy atom. The van der Waals surface area contributed by atoms with E-state index in [4.69, 9.17) is 11.6 Å². The van der Waals surface area contributed by atoms with E-state index in [9.17, 15) is 9.18 Å². The molecule has 1 aromatic carbocycles. The summed E-state index contributed by atoms with van der Waals surface area (Å²) in [6.07, 6.45) is 0. The Balaban J connectivity index is 2.83. The molecule has 0 aromatic heterocycles. The minimum Gasteiger partial charge on any atom is -0.316 e. The van der Waals surface area contributed by atoms with Gasteiger partial charge in [0.05, 0.1) is 0 Å². The normalized spacial score (nSPS) is 12.2. The van der Waals surface area contributed by atoms with Crippen LogP contribution in [0.2, 0.25) is 0 Å². The van der Waals surface area contributed by atoms with Gasteiger partial charge in [-0.1, -0.05) is 12.1 Å². The summed E-state index contributed by atoms with van der Waals surface area (Å²) in [5, 5.41) is 0. The quantitative estimate of drug-likeness (QED) is 0.338. The maximum Gasteiger partial charge on any atom is 0.255 e. The van der Waals surface area contributed by atoms with Crippen molar-refractivity contribution < 1.29 is 9.18 Å². The smallest absolute Gasteiger partial charge is 0.255 e. The van der Waals surface area contributed by atoms with E-state index in [0.717, 1.165) is 0 Å². The van der Waals surface area contributed by atoms with Crippen LogP contribution >= 0.6 is 0 Å². The number of nitrogens with one attached hydrogen (secondary N) is 1. The molecule has 0 saturated carbocycles. The number of halogens is 1. The second-order valence-electron chi connectivity index (χ2n) is 2.54. The van der Waals surface area contributed by atoms with Gasteiger partial charge < -0.3 is 5.73 Å².